The Balaban J connectivity index is 1.71. The summed E-state index contributed by atoms with van der Waals surface area (Å²) in [5.41, 5.74) is -0.409. The number of aliphatic hydroxyl groups is 1. The van der Waals surface area contributed by atoms with Crippen LogP contribution in [-0.4, -0.2) is 23.3 Å². The highest BCUT2D eigenvalue weighted by Crippen LogP contribution is 2.33. The first kappa shape index (κ1) is 15.3. The van der Waals surface area contributed by atoms with E-state index in [0.29, 0.717) is 6.04 Å². The van der Waals surface area contributed by atoms with Gasteiger partial charge >= 0.3 is 0 Å². The summed E-state index contributed by atoms with van der Waals surface area (Å²) in [4.78, 5) is 0. The van der Waals surface area contributed by atoms with Crippen LogP contribution in [0.5, 0.6) is 0 Å². The molecule has 2 aliphatic rings. The first-order valence-electron chi connectivity index (χ1n) is 8.67. The van der Waals surface area contributed by atoms with E-state index < -0.39 is 5.60 Å². The fraction of sp³-hybridized carbons (Fsp3) is 1.00. The van der Waals surface area contributed by atoms with Gasteiger partial charge in [-0.2, -0.15) is 0 Å². The Labute approximate surface area is 119 Å². The third-order valence-electron chi connectivity index (χ3n) is 5.44. The maximum atomic E-state index is 10.7. The molecule has 0 unspecified atom stereocenters. The summed E-state index contributed by atoms with van der Waals surface area (Å²) in [5.74, 6) is 0.863. The van der Waals surface area contributed by atoms with E-state index in [1.54, 1.807) is 0 Å². The average Bonchev–Trinajstić information content (AvgIpc) is 2.38. The Morgan fingerprint density at radius 3 is 2.11 bits per heavy atom. The molecule has 0 aromatic heterocycles. The first-order chi connectivity index (χ1) is 9.22. The molecule has 0 aliphatic heterocycles. The molecular formula is C17H33NO. The maximum absolute atomic E-state index is 10.7. The van der Waals surface area contributed by atoms with E-state index in [0.717, 1.165) is 25.3 Å². The van der Waals surface area contributed by atoms with Crippen LogP contribution in [0.15, 0.2) is 0 Å². The minimum absolute atomic E-state index is 0.409. The molecule has 2 aliphatic carbocycles. The van der Waals surface area contributed by atoms with Crippen LogP contribution in [0.3, 0.4) is 0 Å². The van der Waals surface area contributed by atoms with Crippen LogP contribution in [0.4, 0.5) is 0 Å². The highest BCUT2D eigenvalue weighted by molar-refractivity contribution is 4.88. The molecule has 0 heterocycles. The summed E-state index contributed by atoms with van der Waals surface area (Å²) in [6.07, 6.45) is 15.3. The van der Waals surface area contributed by atoms with E-state index >= 15 is 0 Å². The highest BCUT2D eigenvalue weighted by atomic mass is 16.3. The second-order valence-electron chi connectivity index (χ2n) is 7.00. The van der Waals surface area contributed by atoms with Crippen molar-refractivity contribution in [3.63, 3.8) is 0 Å². The summed E-state index contributed by atoms with van der Waals surface area (Å²) in [5, 5.41) is 14.4. The van der Waals surface area contributed by atoms with Gasteiger partial charge in [-0.25, -0.2) is 0 Å². The lowest BCUT2D eigenvalue weighted by molar-refractivity contribution is -0.0112. The molecule has 0 amide bonds. The van der Waals surface area contributed by atoms with E-state index in [1.165, 1.54) is 64.2 Å². The zero-order valence-electron chi connectivity index (χ0n) is 12.8. The van der Waals surface area contributed by atoms with Crippen molar-refractivity contribution < 1.29 is 5.11 Å². The molecule has 2 rings (SSSR count). The fourth-order valence-electron chi connectivity index (χ4n) is 3.79. The summed E-state index contributed by atoms with van der Waals surface area (Å²) >= 11 is 0. The molecule has 0 radical (unpaired) electrons. The molecule has 0 bridgehead atoms. The summed E-state index contributed by atoms with van der Waals surface area (Å²) in [7, 11) is 0. The maximum Gasteiger partial charge on any atom is 0.0771 e. The predicted octanol–water partition coefficient (Wildman–Crippen LogP) is 4.02. The standard InChI is InChI=1S/C17H33NO/c1-2-15-10-12-17(19,13-11-15)14-18-16-8-6-4-3-5-7-9-16/h15-16,18-19H,2-14H2,1H3. The number of rotatable bonds is 4. The van der Waals surface area contributed by atoms with Gasteiger partial charge in [-0.15, -0.1) is 0 Å². The molecular weight excluding hydrogens is 234 g/mol. The van der Waals surface area contributed by atoms with Gasteiger partial charge in [0.15, 0.2) is 0 Å². The smallest absolute Gasteiger partial charge is 0.0771 e. The number of hydrogen-bond acceptors (Lipinski definition) is 2. The molecule has 2 heteroatoms. The lowest BCUT2D eigenvalue weighted by Crippen LogP contribution is -2.46. The zero-order chi connectivity index (χ0) is 13.6. The van der Waals surface area contributed by atoms with Crippen LogP contribution >= 0.6 is 0 Å². The Bertz CT molecular complexity index is 238. The second-order valence-corrected chi connectivity index (χ2v) is 7.00. The van der Waals surface area contributed by atoms with Gasteiger partial charge in [0.1, 0.15) is 0 Å². The van der Waals surface area contributed by atoms with Gasteiger partial charge in [-0.1, -0.05) is 45.4 Å². The Morgan fingerprint density at radius 1 is 0.947 bits per heavy atom. The number of hydrogen-bond donors (Lipinski definition) is 2. The topological polar surface area (TPSA) is 32.3 Å². The average molecular weight is 267 g/mol. The molecule has 2 nitrogen and oxygen atoms in total. The number of nitrogens with one attached hydrogen (secondary N) is 1. The van der Waals surface area contributed by atoms with E-state index in [4.69, 9.17) is 0 Å². The highest BCUT2D eigenvalue weighted by Gasteiger charge is 2.32. The lowest BCUT2D eigenvalue weighted by Gasteiger charge is -2.37. The molecule has 112 valence electrons. The summed E-state index contributed by atoms with van der Waals surface area (Å²) < 4.78 is 0. The molecule has 19 heavy (non-hydrogen) atoms. The minimum Gasteiger partial charge on any atom is -0.389 e. The van der Waals surface area contributed by atoms with E-state index in [-0.39, 0.29) is 0 Å². The van der Waals surface area contributed by atoms with Crippen LogP contribution in [-0.2, 0) is 0 Å². The van der Waals surface area contributed by atoms with Crippen molar-refractivity contribution in [2.75, 3.05) is 6.54 Å². The van der Waals surface area contributed by atoms with Crippen LogP contribution in [0.25, 0.3) is 0 Å². The van der Waals surface area contributed by atoms with Gasteiger partial charge in [-0.3, -0.25) is 0 Å². The van der Waals surface area contributed by atoms with E-state index in [9.17, 15) is 5.11 Å². The molecule has 0 atom stereocenters. The second kappa shape index (κ2) is 7.64. The van der Waals surface area contributed by atoms with Crippen molar-refractivity contribution >= 4 is 0 Å². The molecule has 2 N–H and O–H groups in total. The predicted molar refractivity (Wildman–Crippen MR) is 81.3 cm³/mol. The van der Waals surface area contributed by atoms with E-state index in [1.807, 2.05) is 0 Å². The molecule has 0 aromatic carbocycles. The molecule has 0 aromatic rings. The SMILES string of the molecule is CCC1CCC(O)(CNC2CCCCCCC2)CC1. The van der Waals surface area contributed by atoms with Crippen molar-refractivity contribution in [1.29, 1.82) is 0 Å². The Morgan fingerprint density at radius 2 is 1.53 bits per heavy atom. The molecule has 2 fully saturated rings. The van der Waals surface area contributed by atoms with Gasteiger partial charge in [0.25, 0.3) is 0 Å². The minimum atomic E-state index is -0.409. The van der Waals surface area contributed by atoms with Gasteiger partial charge in [0, 0.05) is 12.6 Å². The van der Waals surface area contributed by atoms with E-state index in [2.05, 4.69) is 12.2 Å². The largest absolute Gasteiger partial charge is 0.389 e. The Kier molecular flexibility index (Phi) is 6.15. The van der Waals surface area contributed by atoms with Crippen molar-refractivity contribution in [1.82, 2.24) is 5.32 Å². The zero-order valence-corrected chi connectivity index (χ0v) is 12.8. The van der Waals surface area contributed by atoms with Crippen LogP contribution in [0.1, 0.15) is 84.0 Å². The van der Waals surface area contributed by atoms with Crippen molar-refractivity contribution in [2.24, 2.45) is 5.92 Å². The fourth-order valence-corrected chi connectivity index (χ4v) is 3.79. The first-order valence-corrected chi connectivity index (χ1v) is 8.67. The van der Waals surface area contributed by atoms with Crippen LogP contribution in [0, 0.1) is 5.92 Å². The molecule has 2 saturated carbocycles. The molecule has 0 saturated heterocycles. The van der Waals surface area contributed by atoms with Gasteiger partial charge in [0.2, 0.25) is 0 Å². The monoisotopic (exact) mass is 267 g/mol. The lowest BCUT2D eigenvalue weighted by atomic mass is 9.77. The third-order valence-corrected chi connectivity index (χ3v) is 5.44. The summed E-state index contributed by atoms with van der Waals surface area (Å²) in [6, 6.07) is 0.660. The van der Waals surface area contributed by atoms with Gasteiger partial charge < -0.3 is 10.4 Å². The quantitative estimate of drug-likeness (QED) is 0.806. The van der Waals surface area contributed by atoms with Crippen LogP contribution in [0.2, 0.25) is 0 Å². The van der Waals surface area contributed by atoms with Crippen molar-refractivity contribution in [3.8, 4) is 0 Å². The van der Waals surface area contributed by atoms with Crippen molar-refractivity contribution in [3.05, 3.63) is 0 Å². The Hall–Kier alpha value is -0.0800. The normalized spacial score (nSPS) is 34.7. The third kappa shape index (κ3) is 5.07. The summed E-state index contributed by atoms with van der Waals surface area (Å²) in [6.45, 7) is 3.11. The van der Waals surface area contributed by atoms with Crippen molar-refractivity contribution in [2.45, 2.75) is 95.6 Å². The molecule has 0 spiro atoms. The van der Waals surface area contributed by atoms with Gasteiger partial charge in [0.05, 0.1) is 5.60 Å². The van der Waals surface area contributed by atoms with Crippen LogP contribution < -0.4 is 5.32 Å². The van der Waals surface area contributed by atoms with Gasteiger partial charge in [-0.05, 0) is 44.4 Å².